The summed E-state index contributed by atoms with van der Waals surface area (Å²) in [5.74, 6) is 0.334. The highest BCUT2D eigenvalue weighted by molar-refractivity contribution is 5.49. The lowest BCUT2D eigenvalue weighted by Gasteiger charge is -2.02. The van der Waals surface area contributed by atoms with Gasteiger partial charge in [-0.2, -0.15) is 4.57 Å². The summed E-state index contributed by atoms with van der Waals surface area (Å²) in [5, 5.41) is 19.3. The number of aryl methyl sites for hydroxylation is 1. The van der Waals surface area contributed by atoms with E-state index in [1.807, 2.05) is 30.6 Å². The van der Waals surface area contributed by atoms with Gasteiger partial charge in [-0.25, -0.2) is 0 Å². The molecule has 3 nitrogen and oxygen atoms in total. The van der Waals surface area contributed by atoms with Gasteiger partial charge in [0.15, 0.2) is 18.1 Å². The second-order valence-electron chi connectivity index (χ2n) is 3.41. The lowest BCUT2D eigenvalue weighted by atomic mass is 10.1. The third-order valence-electron chi connectivity index (χ3n) is 2.26. The van der Waals surface area contributed by atoms with Crippen molar-refractivity contribution in [3.05, 3.63) is 48.3 Å². The molecule has 0 spiro atoms. The second kappa shape index (κ2) is 3.61. The molecule has 2 aromatic rings. The minimum atomic E-state index is 0.150. The number of benzene rings is 1. The van der Waals surface area contributed by atoms with E-state index in [0.29, 0.717) is 11.3 Å². The van der Waals surface area contributed by atoms with Crippen molar-refractivity contribution in [2.75, 3.05) is 0 Å². The molecule has 0 atom stereocenters. The highest BCUT2D eigenvalue weighted by Crippen LogP contribution is 2.26. The molecule has 1 heterocycles. The average Bonchev–Trinajstić information content (AvgIpc) is 2.24. The molecule has 0 radical (unpaired) electrons. The highest BCUT2D eigenvalue weighted by atomic mass is 16.3. The molecule has 0 unspecified atom stereocenters. The fraction of sp³-hybridized carbons (Fsp3) is 0.0833. The molecule has 76 valence electrons. The van der Waals surface area contributed by atoms with Gasteiger partial charge in [-0.15, -0.1) is 0 Å². The lowest BCUT2D eigenvalue weighted by Crippen LogP contribution is -2.29. The van der Waals surface area contributed by atoms with Crippen LogP contribution in [0.5, 0.6) is 11.5 Å². The Morgan fingerprint density at radius 3 is 2.33 bits per heavy atom. The summed E-state index contributed by atoms with van der Waals surface area (Å²) in [7, 11) is 0. The summed E-state index contributed by atoms with van der Waals surface area (Å²) in [4.78, 5) is 0. The van der Waals surface area contributed by atoms with E-state index in [9.17, 15) is 10.2 Å². The minimum Gasteiger partial charge on any atom is -0.508 e. The molecule has 0 amide bonds. The molecule has 0 saturated carbocycles. The Kier molecular flexibility index (Phi) is 2.29. The van der Waals surface area contributed by atoms with Crippen molar-refractivity contribution < 1.29 is 14.8 Å². The zero-order valence-electron chi connectivity index (χ0n) is 8.38. The van der Waals surface area contributed by atoms with Crippen LogP contribution in [0.4, 0.5) is 0 Å². The number of hydrogen-bond acceptors (Lipinski definition) is 2. The van der Waals surface area contributed by atoms with Crippen LogP contribution in [0.15, 0.2) is 42.7 Å². The molecular formula is C12H12NO2+. The molecule has 0 aliphatic rings. The Morgan fingerprint density at radius 1 is 1.00 bits per heavy atom. The van der Waals surface area contributed by atoms with Crippen LogP contribution < -0.4 is 4.57 Å². The van der Waals surface area contributed by atoms with Crippen LogP contribution in [0.2, 0.25) is 0 Å². The zero-order valence-corrected chi connectivity index (χ0v) is 8.38. The third kappa shape index (κ3) is 1.76. The van der Waals surface area contributed by atoms with Crippen LogP contribution in [-0.2, 0) is 0 Å². The molecule has 1 aromatic carbocycles. The summed E-state index contributed by atoms with van der Waals surface area (Å²) in [6.45, 7) is 1.75. The quantitative estimate of drug-likeness (QED) is 0.546. The number of aromatic nitrogens is 1. The van der Waals surface area contributed by atoms with Crippen molar-refractivity contribution in [2.45, 2.75) is 6.92 Å². The first-order valence-electron chi connectivity index (χ1n) is 4.68. The van der Waals surface area contributed by atoms with Crippen LogP contribution in [0.25, 0.3) is 5.69 Å². The van der Waals surface area contributed by atoms with E-state index < -0.39 is 0 Å². The summed E-state index contributed by atoms with van der Waals surface area (Å²) in [5.41, 5.74) is 1.23. The minimum absolute atomic E-state index is 0.150. The van der Waals surface area contributed by atoms with Crippen LogP contribution >= 0.6 is 0 Å². The van der Waals surface area contributed by atoms with Crippen LogP contribution in [-0.4, -0.2) is 10.2 Å². The maximum absolute atomic E-state index is 9.84. The number of aromatic hydroxyl groups is 2. The maximum atomic E-state index is 9.84. The topological polar surface area (TPSA) is 44.3 Å². The van der Waals surface area contributed by atoms with Crippen molar-refractivity contribution in [3.8, 4) is 17.2 Å². The second-order valence-corrected chi connectivity index (χ2v) is 3.41. The van der Waals surface area contributed by atoms with Crippen molar-refractivity contribution in [1.82, 2.24) is 0 Å². The van der Waals surface area contributed by atoms with E-state index in [1.165, 1.54) is 12.1 Å². The number of rotatable bonds is 1. The van der Waals surface area contributed by atoms with Gasteiger partial charge >= 0.3 is 0 Å². The smallest absolute Gasteiger partial charge is 0.256 e. The van der Waals surface area contributed by atoms with E-state index >= 15 is 0 Å². The molecule has 2 N–H and O–H groups in total. The normalized spacial score (nSPS) is 10.2. The summed E-state index contributed by atoms with van der Waals surface area (Å²) in [6.07, 6.45) is 3.63. The number of hydrogen-bond donors (Lipinski definition) is 2. The van der Waals surface area contributed by atoms with Gasteiger partial charge in [-0.05, 0) is 13.0 Å². The highest BCUT2D eigenvalue weighted by Gasteiger charge is 2.14. The summed E-state index contributed by atoms with van der Waals surface area (Å²) in [6, 6.07) is 8.67. The van der Waals surface area contributed by atoms with E-state index in [1.54, 1.807) is 11.5 Å². The van der Waals surface area contributed by atoms with Gasteiger partial charge in [0.2, 0.25) is 0 Å². The SMILES string of the molecule is Cc1cc(O)cc(-[n+]2ccccc2)c1O. The fourth-order valence-corrected chi connectivity index (χ4v) is 1.50. The monoisotopic (exact) mass is 202 g/mol. The number of nitrogens with zero attached hydrogens (tertiary/aromatic N) is 1. The van der Waals surface area contributed by atoms with Gasteiger partial charge < -0.3 is 10.2 Å². The van der Waals surface area contributed by atoms with Gasteiger partial charge in [-0.3, -0.25) is 0 Å². The Bertz CT molecular complexity index is 480. The number of pyridine rings is 1. The third-order valence-corrected chi connectivity index (χ3v) is 2.26. The van der Waals surface area contributed by atoms with Crippen LogP contribution in [0.1, 0.15) is 5.56 Å². The fourth-order valence-electron chi connectivity index (χ4n) is 1.50. The zero-order chi connectivity index (χ0) is 10.8. The van der Waals surface area contributed by atoms with E-state index in [0.717, 1.165) is 0 Å². The molecule has 0 saturated heterocycles. The molecule has 3 heteroatoms. The molecule has 1 aromatic heterocycles. The Morgan fingerprint density at radius 2 is 1.67 bits per heavy atom. The number of phenols is 2. The first kappa shape index (κ1) is 9.52. The van der Waals surface area contributed by atoms with Crippen molar-refractivity contribution in [2.24, 2.45) is 0 Å². The molecular weight excluding hydrogens is 190 g/mol. The summed E-state index contributed by atoms with van der Waals surface area (Å²) < 4.78 is 1.75. The molecule has 2 rings (SSSR count). The predicted molar refractivity (Wildman–Crippen MR) is 56.0 cm³/mol. The van der Waals surface area contributed by atoms with E-state index in [4.69, 9.17) is 0 Å². The first-order valence-corrected chi connectivity index (χ1v) is 4.68. The Hall–Kier alpha value is -2.03. The number of phenolic OH excluding ortho intramolecular Hbond substituents is 2. The van der Waals surface area contributed by atoms with Gasteiger partial charge in [0.25, 0.3) is 5.69 Å². The van der Waals surface area contributed by atoms with Crippen molar-refractivity contribution in [1.29, 1.82) is 0 Å². The molecule has 0 aliphatic heterocycles. The van der Waals surface area contributed by atoms with Crippen molar-refractivity contribution in [3.63, 3.8) is 0 Å². The van der Waals surface area contributed by atoms with Gasteiger partial charge in [0, 0.05) is 17.7 Å². The van der Waals surface area contributed by atoms with Gasteiger partial charge in [-0.1, -0.05) is 6.07 Å². The van der Waals surface area contributed by atoms with Crippen molar-refractivity contribution >= 4 is 0 Å². The molecule has 0 aliphatic carbocycles. The maximum Gasteiger partial charge on any atom is 0.256 e. The molecule has 0 bridgehead atoms. The first-order chi connectivity index (χ1) is 7.18. The standard InChI is InChI=1S/C12H11NO2/c1-9-7-10(14)8-11(12(9)15)13-5-3-2-4-6-13/h2-8H,1H3,(H-,14,15)/p+1. The predicted octanol–water partition coefficient (Wildman–Crippen LogP) is 1.68. The summed E-state index contributed by atoms with van der Waals surface area (Å²) >= 11 is 0. The Balaban J connectivity index is 2.63. The van der Waals surface area contributed by atoms with E-state index in [-0.39, 0.29) is 11.5 Å². The largest absolute Gasteiger partial charge is 0.508 e. The lowest BCUT2D eigenvalue weighted by molar-refractivity contribution is -0.596. The van der Waals surface area contributed by atoms with E-state index in [2.05, 4.69) is 0 Å². The average molecular weight is 202 g/mol. The molecule has 0 fully saturated rings. The van der Waals surface area contributed by atoms with Gasteiger partial charge in [0.1, 0.15) is 5.75 Å². The van der Waals surface area contributed by atoms with Crippen LogP contribution in [0.3, 0.4) is 0 Å². The van der Waals surface area contributed by atoms with Crippen LogP contribution in [0, 0.1) is 6.92 Å². The molecule has 15 heavy (non-hydrogen) atoms. The van der Waals surface area contributed by atoms with Gasteiger partial charge in [0.05, 0.1) is 6.07 Å². The Labute approximate surface area is 87.9 Å².